The molecule has 6 nitrogen and oxygen atoms in total. The van der Waals surface area contributed by atoms with Crippen LogP contribution < -0.4 is 5.32 Å². The number of ether oxygens (including phenoxy) is 1. The number of carbonyl (C=O) groups excluding carboxylic acids is 3. The second kappa shape index (κ2) is 10.4. The van der Waals surface area contributed by atoms with Crippen LogP contribution in [0.1, 0.15) is 25.3 Å². The number of β-lactam (4-membered cyclic amide) rings is 1. The van der Waals surface area contributed by atoms with E-state index in [4.69, 9.17) is 0 Å². The van der Waals surface area contributed by atoms with E-state index in [1.807, 2.05) is 35.2 Å². The first-order valence-electron chi connectivity index (χ1n) is 7.28. The van der Waals surface area contributed by atoms with Crippen LogP contribution in [0.3, 0.4) is 0 Å². The van der Waals surface area contributed by atoms with Crippen molar-refractivity contribution in [3.05, 3.63) is 35.9 Å². The van der Waals surface area contributed by atoms with Crippen molar-refractivity contribution in [2.24, 2.45) is 0 Å². The zero-order valence-electron chi connectivity index (χ0n) is 12.7. The first-order chi connectivity index (χ1) is 10.7. The quantitative estimate of drug-likeness (QED) is 0.443. The van der Waals surface area contributed by atoms with Gasteiger partial charge in [0.15, 0.2) is 0 Å². The van der Waals surface area contributed by atoms with Gasteiger partial charge in [0, 0.05) is 25.6 Å². The van der Waals surface area contributed by atoms with Gasteiger partial charge in [0.2, 0.25) is 12.3 Å². The molecule has 6 heteroatoms. The largest absolute Gasteiger partial charge is 0.468 e. The number of carbonyl (C=O) groups is 3. The van der Waals surface area contributed by atoms with E-state index in [2.05, 4.69) is 10.1 Å². The molecule has 0 bridgehead atoms. The number of likely N-dealkylation sites (tertiary alicyclic amines) is 1. The highest BCUT2D eigenvalue weighted by Gasteiger charge is 2.34. The number of amides is 2. The molecule has 2 amide bonds. The van der Waals surface area contributed by atoms with E-state index in [-0.39, 0.29) is 11.9 Å². The molecule has 0 spiro atoms. The molecule has 1 aliphatic rings. The van der Waals surface area contributed by atoms with Crippen LogP contribution in [0.15, 0.2) is 30.3 Å². The van der Waals surface area contributed by atoms with Crippen molar-refractivity contribution < 1.29 is 19.1 Å². The highest BCUT2D eigenvalue weighted by atomic mass is 16.5. The van der Waals surface area contributed by atoms with Gasteiger partial charge in [-0.3, -0.25) is 14.4 Å². The molecule has 1 aliphatic heterocycles. The summed E-state index contributed by atoms with van der Waals surface area (Å²) < 4.78 is 4.15. The lowest BCUT2D eigenvalue weighted by atomic mass is 9.97. The maximum atomic E-state index is 11.5. The first kappa shape index (κ1) is 17.7. The molecule has 0 aliphatic carbocycles. The Morgan fingerprint density at radius 1 is 1.32 bits per heavy atom. The van der Waals surface area contributed by atoms with Gasteiger partial charge < -0.3 is 15.0 Å². The minimum Gasteiger partial charge on any atom is -0.468 e. The zero-order valence-corrected chi connectivity index (χ0v) is 12.7. The molecule has 1 N–H and O–H groups in total. The summed E-state index contributed by atoms with van der Waals surface area (Å²) in [6, 6.07) is 10.2. The lowest BCUT2D eigenvalue weighted by molar-refractivity contribution is -0.147. The predicted molar refractivity (Wildman–Crippen MR) is 81.8 cm³/mol. The first-order valence-corrected chi connectivity index (χ1v) is 7.28. The molecule has 22 heavy (non-hydrogen) atoms. The summed E-state index contributed by atoms with van der Waals surface area (Å²) in [6.07, 6.45) is 2.13. The van der Waals surface area contributed by atoms with Crippen molar-refractivity contribution in [1.82, 2.24) is 10.2 Å². The van der Waals surface area contributed by atoms with Gasteiger partial charge in [-0.25, -0.2) is 0 Å². The second-order valence-electron chi connectivity index (χ2n) is 4.78. The number of hydrogen-bond donors (Lipinski definition) is 1. The third kappa shape index (κ3) is 5.95. The zero-order chi connectivity index (χ0) is 16.2. The number of nitrogens with zero attached hydrogens (tertiary/aromatic N) is 1. The van der Waals surface area contributed by atoms with Crippen LogP contribution in [0.4, 0.5) is 0 Å². The van der Waals surface area contributed by atoms with Gasteiger partial charge in [0.1, 0.15) is 0 Å². The summed E-state index contributed by atoms with van der Waals surface area (Å²) in [6.45, 7) is 3.97. The Morgan fingerprint density at radius 2 is 2.05 bits per heavy atom. The molecule has 1 aromatic rings. The highest BCUT2D eigenvalue weighted by molar-refractivity contribution is 5.83. The Morgan fingerprint density at radius 3 is 2.55 bits per heavy atom. The smallest absolute Gasteiger partial charge is 0.293 e. The van der Waals surface area contributed by atoms with Gasteiger partial charge in [-0.2, -0.15) is 0 Å². The lowest BCUT2D eigenvalue weighted by Crippen LogP contribution is -2.52. The third-order valence-electron chi connectivity index (χ3n) is 3.31. The summed E-state index contributed by atoms with van der Waals surface area (Å²) in [5.74, 6) is 0.199. The number of nitrogens with one attached hydrogen (secondary N) is 1. The van der Waals surface area contributed by atoms with Gasteiger partial charge in [0.25, 0.3) is 6.47 Å². The van der Waals surface area contributed by atoms with Crippen LogP contribution in [0.25, 0.3) is 0 Å². The van der Waals surface area contributed by atoms with Crippen molar-refractivity contribution in [2.45, 2.75) is 32.4 Å². The summed E-state index contributed by atoms with van der Waals surface area (Å²) >= 11 is 0. The number of benzene rings is 1. The topological polar surface area (TPSA) is 75.7 Å². The van der Waals surface area contributed by atoms with Gasteiger partial charge in [-0.05, 0) is 18.9 Å². The van der Waals surface area contributed by atoms with E-state index in [1.54, 1.807) is 6.92 Å². The van der Waals surface area contributed by atoms with Crippen LogP contribution >= 0.6 is 0 Å². The summed E-state index contributed by atoms with van der Waals surface area (Å²) in [7, 11) is 0. The summed E-state index contributed by atoms with van der Waals surface area (Å²) in [5.41, 5.74) is 1.15. The van der Waals surface area contributed by atoms with Crippen molar-refractivity contribution in [1.29, 1.82) is 0 Å². The minimum atomic E-state index is 0.199. The van der Waals surface area contributed by atoms with Crippen LogP contribution in [0, 0.1) is 0 Å². The third-order valence-corrected chi connectivity index (χ3v) is 3.31. The van der Waals surface area contributed by atoms with Crippen LogP contribution in [-0.2, 0) is 25.7 Å². The van der Waals surface area contributed by atoms with E-state index in [0.29, 0.717) is 39.0 Å². The molecule has 0 aromatic heterocycles. The molecular weight excluding hydrogens is 284 g/mol. The molecule has 1 fully saturated rings. The van der Waals surface area contributed by atoms with E-state index < -0.39 is 0 Å². The molecule has 1 aromatic carbocycles. The Bertz CT molecular complexity index is 464. The molecule has 1 heterocycles. The molecule has 1 saturated heterocycles. The maximum Gasteiger partial charge on any atom is 0.293 e. The molecule has 2 rings (SSSR count). The molecular formula is C16H22N2O4. The summed E-state index contributed by atoms with van der Waals surface area (Å²) in [5, 5.41) is 2.63. The number of hydrogen-bond acceptors (Lipinski definition) is 4. The van der Waals surface area contributed by atoms with E-state index in [9.17, 15) is 14.4 Å². The minimum absolute atomic E-state index is 0.199. The van der Waals surface area contributed by atoms with Crippen molar-refractivity contribution in [3.8, 4) is 0 Å². The van der Waals surface area contributed by atoms with Gasteiger partial charge in [-0.1, -0.05) is 30.3 Å². The molecule has 120 valence electrons. The summed E-state index contributed by atoms with van der Waals surface area (Å²) in [4.78, 5) is 32.7. The Hall–Kier alpha value is -2.37. The van der Waals surface area contributed by atoms with Gasteiger partial charge >= 0.3 is 0 Å². The Balaban J connectivity index is 0.000000422. The lowest BCUT2D eigenvalue weighted by Gasteiger charge is -2.40. The van der Waals surface area contributed by atoms with Gasteiger partial charge in [-0.15, -0.1) is 0 Å². The Labute approximate surface area is 130 Å². The monoisotopic (exact) mass is 306 g/mol. The predicted octanol–water partition coefficient (Wildman–Crippen LogP) is 1.10. The Kier molecular flexibility index (Phi) is 8.33. The van der Waals surface area contributed by atoms with Crippen molar-refractivity contribution >= 4 is 18.8 Å². The average molecular weight is 306 g/mol. The highest BCUT2D eigenvalue weighted by Crippen LogP contribution is 2.24. The maximum absolute atomic E-state index is 11.5. The molecule has 0 saturated carbocycles. The SMILES string of the molecule is CCOC=O.O=CNCCC1CC(=O)N1Cc1ccccc1. The number of rotatable bonds is 8. The normalized spacial score (nSPS) is 16.0. The average Bonchev–Trinajstić information content (AvgIpc) is 2.54. The van der Waals surface area contributed by atoms with E-state index >= 15 is 0 Å². The fraction of sp³-hybridized carbons (Fsp3) is 0.438. The van der Waals surface area contributed by atoms with Crippen LogP contribution in [0.2, 0.25) is 0 Å². The molecule has 0 radical (unpaired) electrons. The van der Waals surface area contributed by atoms with E-state index in [1.165, 1.54) is 0 Å². The van der Waals surface area contributed by atoms with Crippen molar-refractivity contribution in [2.75, 3.05) is 13.2 Å². The van der Waals surface area contributed by atoms with Gasteiger partial charge in [0.05, 0.1) is 6.61 Å². The second-order valence-corrected chi connectivity index (χ2v) is 4.78. The van der Waals surface area contributed by atoms with E-state index in [0.717, 1.165) is 12.0 Å². The fourth-order valence-electron chi connectivity index (χ4n) is 2.15. The standard InChI is InChI=1S/C13H16N2O2.C3H6O2/c16-10-14-7-6-12-8-13(17)15(12)9-11-4-2-1-3-5-11;1-2-5-3-4/h1-5,10,12H,6-9H2,(H,14,16);3H,2H2,1H3. The fourth-order valence-corrected chi connectivity index (χ4v) is 2.15. The molecule has 1 unspecified atom stereocenters. The van der Waals surface area contributed by atoms with Crippen molar-refractivity contribution in [3.63, 3.8) is 0 Å². The molecule has 1 atom stereocenters. The van der Waals surface area contributed by atoms with Crippen LogP contribution in [-0.4, -0.2) is 42.9 Å². The van der Waals surface area contributed by atoms with Crippen LogP contribution in [0.5, 0.6) is 0 Å².